The van der Waals surface area contributed by atoms with Gasteiger partial charge in [0.1, 0.15) is 0 Å². The Morgan fingerprint density at radius 2 is 2.27 bits per heavy atom. The van der Waals surface area contributed by atoms with Gasteiger partial charge < -0.3 is 4.42 Å². The lowest BCUT2D eigenvalue weighted by Crippen LogP contribution is -1.99. The maximum atomic E-state index is 5.61. The van der Waals surface area contributed by atoms with E-state index < -0.39 is 0 Å². The number of nitrogens with zero attached hydrogens (tertiary/aromatic N) is 3. The third-order valence-electron chi connectivity index (χ3n) is 2.08. The van der Waals surface area contributed by atoms with Crippen LogP contribution in [-0.4, -0.2) is 14.8 Å². The molecule has 0 aliphatic rings. The van der Waals surface area contributed by atoms with Crippen LogP contribution in [0.5, 0.6) is 0 Å². The summed E-state index contributed by atoms with van der Waals surface area (Å²) in [6.07, 6.45) is 5.36. The summed E-state index contributed by atoms with van der Waals surface area (Å²) in [4.78, 5) is 4.03. The predicted molar refractivity (Wildman–Crippen MR) is 57.7 cm³/mol. The Hall–Kier alpha value is -1.29. The number of halogens is 1. The van der Waals surface area contributed by atoms with Crippen molar-refractivity contribution in [2.75, 3.05) is 0 Å². The van der Waals surface area contributed by atoms with Gasteiger partial charge in [-0.25, -0.2) is 4.98 Å². The Kier molecular flexibility index (Phi) is 2.77. The van der Waals surface area contributed by atoms with Crippen molar-refractivity contribution in [1.82, 2.24) is 14.8 Å². The zero-order chi connectivity index (χ0) is 10.8. The molecule has 0 amide bonds. The average Bonchev–Trinajstić information content (AvgIpc) is 2.86. The molecule has 0 unspecified atom stereocenters. The standard InChI is InChI=1S/C10H12ClN3O/c1-7(2)14-6-8(4-13-14)9-5-12-10(3-11)15-9/h4-7H,3H2,1-2H3. The highest BCUT2D eigenvalue weighted by molar-refractivity contribution is 6.16. The van der Waals surface area contributed by atoms with E-state index in [1.807, 2.05) is 10.9 Å². The normalized spacial score (nSPS) is 11.2. The van der Waals surface area contributed by atoms with Crippen molar-refractivity contribution in [3.05, 3.63) is 24.5 Å². The molecule has 5 heteroatoms. The summed E-state index contributed by atoms with van der Waals surface area (Å²) in [6.45, 7) is 4.14. The quantitative estimate of drug-likeness (QED) is 0.755. The van der Waals surface area contributed by atoms with Crippen molar-refractivity contribution in [1.29, 1.82) is 0 Å². The van der Waals surface area contributed by atoms with Crippen molar-refractivity contribution >= 4 is 11.6 Å². The van der Waals surface area contributed by atoms with Crippen LogP contribution < -0.4 is 0 Å². The Balaban J connectivity index is 2.28. The van der Waals surface area contributed by atoms with Crippen molar-refractivity contribution < 1.29 is 4.42 Å². The fourth-order valence-corrected chi connectivity index (χ4v) is 1.38. The highest BCUT2D eigenvalue weighted by Gasteiger charge is 2.08. The van der Waals surface area contributed by atoms with Crippen LogP contribution in [0.3, 0.4) is 0 Å². The van der Waals surface area contributed by atoms with Gasteiger partial charge in [-0.3, -0.25) is 4.68 Å². The molecule has 0 radical (unpaired) electrons. The Bertz CT molecular complexity index is 447. The molecule has 2 aromatic rings. The van der Waals surface area contributed by atoms with E-state index in [1.54, 1.807) is 12.4 Å². The summed E-state index contributed by atoms with van der Waals surface area (Å²) in [5.41, 5.74) is 0.924. The minimum Gasteiger partial charge on any atom is -0.439 e. The second-order valence-corrected chi connectivity index (χ2v) is 3.82. The number of alkyl halides is 1. The molecule has 2 heterocycles. The van der Waals surface area contributed by atoms with Gasteiger partial charge >= 0.3 is 0 Å². The van der Waals surface area contributed by atoms with Crippen LogP contribution in [0.4, 0.5) is 0 Å². The van der Waals surface area contributed by atoms with Crippen LogP contribution in [0.2, 0.25) is 0 Å². The smallest absolute Gasteiger partial charge is 0.209 e. The van der Waals surface area contributed by atoms with Crippen molar-refractivity contribution in [3.63, 3.8) is 0 Å². The summed E-state index contributed by atoms with van der Waals surface area (Å²) in [6, 6.07) is 0.342. The molecule has 0 aliphatic carbocycles. The maximum absolute atomic E-state index is 5.61. The lowest BCUT2D eigenvalue weighted by atomic mass is 10.3. The first-order valence-corrected chi connectivity index (χ1v) is 5.29. The zero-order valence-electron chi connectivity index (χ0n) is 8.64. The van der Waals surface area contributed by atoms with E-state index in [-0.39, 0.29) is 5.88 Å². The molecule has 0 spiro atoms. The van der Waals surface area contributed by atoms with Crippen LogP contribution in [0.1, 0.15) is 25.8 Å². The first-order chi connectivity index (χ1) is 7.20. The Morgan fingerprint density at radius 3 is 2.80 bits per heavy atom. The van der Waals surface area contributed by atoms with Gasteiger partial charge in [-0.15, -0.1) is 11.6 Å². The van der Waals surface area contributed by atoms with Crippen LogP contribution in [0.15, 0.2) is 23.0 Å². The van der Waals surface area contributed by atoms with Crippen LogP contribution in [0, 0.1) is 0 Å². The SMILES string of the molecule is CC(C)n1cc(-c2cnc(CCl)o2)cn1. The molecule has 0 aromatic carbocycles. The molecule has 80 valence electrons. The van der Waals surface area contributed by atoms with Crippen LogP contribution in [0.25, 0.3) is 11.3 Å². The molecule has 0 aliphatic heterocycles. The number of oxazole rings is 1. The molecular formula is C10H12ClN3O. The van der Waals surface area contributed by atoms with Gasteiger partial charge in [0.25, 0.3) is 0 Å². The van der Waals surface area contributed by atoms with Gasteiger partial charge in [0.05, 0.1) is 23.8 Å². The minimum atomic E-state index is 0.290. The van der Waals surface area contributed by atoms with E-state index in [2.05, 4.69) is 23.9 Å². The van der Waals surface area contributed by atoms with E-state index >= 15 is 0 Å². The molecule has 0 saturated carbocycles. The molecule has 0 fully saturated rings. The van der Waals surface area contributed by atoms with Gasteiger partial charge in [0.2, 0.25) is 5.89 Å². The second-order valence-electron chi connectivity index (χ2n) is 3.55. The highest BCUT2D eigenvalue weighted by atomic mass is 35.5. The molecule has 0 atom stereocenters. The lowest BCUT2D eigenvalue weighted by Gasteiger charge is -2.02. The molecule has 4 nitrogen and oxygen atoms in total. The summed E-state index contributed by atoms with van der Waals surface area (Å²) < 4.78 is 7.29. The van der Waals surface area contributed by atoms with Gasteiger partial charge in [0, 0.05) is 12.2 Å². The third kappa shape index (κ3) is 2.04. The first-order valence-electron chi connectivity index (χ1n) is 4.76. The zero-order valence-corrected chi connectivity index (χ0v) is 9.40. The number of rotatable bonds is 3. The largest absolute Gasteiger partial charge is 0.439 e. The molecule has 0 bridgehead atoms. The first kappa shape index (κ1) is 10.2. The second kappa shape index (κ2) is 4.06. The topological polar surface area (TPSA) is 43.9 Å². The van der Waals surface area contributed by atoms with E-state index in [0.717, 1.165) is 5.56 Å². The highest BCUT2D eigenvalue weighted by Crippen LogP contribution is 2.21. The third-order valence-corrected chi connectivity index (χ3v) is 2.31. The fourth-order valence-electron chi connectivity index (χ4n) is 1.25. The van der Waals surface area contributed by atoms with Crippen molar-refractivity contribution in [3.8, 4) is 11.3 Å². The number of aromatic nitrogens is 3. The molecule has 0 N–H and O–H groups in total. The molecule has 2 aromatic heterocycles. The summed E-state index contributed by atoms with van der Waals surface area (Å²) in [7, 11) is 0. The predicted octanol–water partition coefficient (Wildman–Crippen LogP) is 2.86. The van der Waals surface area contributed by atoms with E-state index in [1.165, 1.54) is 0 Å². The van der Waals surface area contributed by atoms with Crippen molar-refractivity contribution in [2.24, 2.45) is 0 Å². The number of hydrogen-bond acceptors (Lipinski definition) is 3. The van der Waals surface area contributed by atoms with E-state index in [4.69, 9.17) is 16.0 Å². The van der Waals surface area contributed by atoms with Gasteiger partial charge in [-0.1, -0.05) is 0 Å². The fraction of sp³-hybridized carbons (Fsp3) is 0.400. The maximum Gasteiger partial charge on any atom is 0.209 e. The van der Waals surface area contributed by atoms with Gasteiger partial charge in [-0.2, -0.15) is 5.10 Å². The van der Waals surface area contributed by atoms with Crippen LogP contribution in [-0.2, 0) is 5.88 Å². The van der Waals surface area contributed by atoms with Crippen LogP contribution >= 0.6 is 11.6 Å². The van der Waals surface area contributed by atoms with Crippen molar-refractivity contribution in [2.45, 2.75) is 25.8 Å². The van der Waals surface area contributed by atoms with Gasteiger partial charge in [-0.05, 0) is 13.8 Å². The van der Waals surface area contributed by atoms with E-state index in [0.29, 0.717) is 17.7 Å². The molecule has 0 saturated heterocycles. The summed E-state index contributed by atoms with van der Waals surface area (Å²) >= 11 is 5.61. The minimum absolute atomic E-state index is 0.290. The Morgan fingerprint density at radius 1 is 1.47 bits per heavy atom. The molecule has 15 heavy (non-hydrogen) atoms. The Labute approximate surface area is 92.9 Å². The van der Waals surface area contributed by atoms with Gasteiger partial charge in [0.15, 0.2) is 5.76 Å². The monoisotopic (exact) mass is 225 g/mol. The molecular weight excluding hydrogens is 214 g/mol. The summed E-state index contributed by atoms with van der Waals surface area (Å²) in [5.74, 6) is 1.53. The summed E-state index contributed by atoms with van der Waals surface area (Å²) in [5, 5.41) is 4.22. The average molecular weight is 226 g/mol. The lowest BCUT2D eigenvalue weighted by molar-refractivity contribution is 0.525. The number of hydrogen-bond donors (Lipinski definition) is 0. The molecule has 2 rings (SSSR count). The van der Waals surface area contributed by atoms with E-state index in [9.17, 15) is 0 Å².